The Labute approximate surface area is 108 Å². The van der Waals surface area contributed by atoms with Gasteiger partial charge in [-0.2, -0.15) is 0 Å². The normalized spacial score (nSPS) is 22.3. The first-order valence-electron chi connectivity index (χ1n) is 6.37. The Hall–Kier alpha value is -1.14. The van der Waals surface area contributed by atoms with Crippen molar-refractivity contribution in [3.63, 3.8) is 0 Å². The van der Waals surface area contributed by atoms with E-state index in [1.165, 1.54) is 0 Å². The van der Waals surface area contributed by atoms with Gasteiger partial charge in [0.2, 0.25) is 0 Å². The lowest BCUT2D eigenvalue weighted by Crippen LogP contribution is -2.42. The topological polar surface area (TPSA) is 69.2 Å². The number of anilines is 1. The van der Waals surface area contributed by atoms with E-state index in [4.69, 9.17) is 10.5 Å². The van der Waals surface area contributed by atoms with E-state index in [9.17, 15) is 0 Å². The third-order valence-electron chi connectivity index (χ3n) is 3.19. The van der Waals surface area contributed by atoms with Crippen LogP contribution in [0.1, 0.15) is 26.5 Å². The molecule has 1 unspecified atom stereocenters. The minimum absolute atomic E-state index is 0.0614. The molecular formula is C12H23N5O. The molecule has 0 amide bonds. The molecule has 18 heavy (non-hydrogen) atoms. The van der Waals surface area contributed by atoms with Gasteiger partial charge in [0.05, 0.1) is 24.9 Å². The molecule has 2 heterocycles. The summed E-state index contributed by atoms with van der Waals surface area (Å²) in [6, 6.07) is 0. The molecule has 102 valence electrons. The van der Waals surface area contributed by atoms with Crippen molar-refractivity contribution in [3.05, 3.63) is 5.69 Å². The van der Waals surface area contributed by atoms with Crippen LogP contribution >= 0.6 is 0 Å². The van der Waals surface area contributed by atoms with E-state index in [1.807, 2.05) is 4.68 Å². The molecule has 1 fully saturated rings. The quantitative estimate of drug-likeness (QED) is 0.830. The fourth-order valence-electron chi connectivity index (χ4n) is 2.40. The lowest BCUT2D eigenvalue weighted by Gasteiger charge is -2.31. The second-order valence-electron chi connectivity index (χ2n) is 6.01. The summed E-state index contributed by atoms with van der Waals surface area (Å²) in [6.07, 6.45) is 0.158. The van der Waals surface area contributed by atoms with E-state index < -0.39 is 0 Å². The first-order chi connectivity index (χ1) is 8.38. The van der Waals surface area contributed by atoms with Gasteiger partial charge in [0, 0.05) is 18.5 Å². The zero-order valence-electron chi connectivity index (χ0n) is 11.7. The van der Waals surface area contributed by atoms with Crippen LogP contribution in [0.4, 0.5) is 5.82 Å². The summed E-state index contributed by atoms with van der Waals surface area (Å²) in [7, 11) is 2.11. The van der Waals surface area contributed by atoms with E-state index in [0.717, 1.165) is 25.4 Å². The number of rotatable bonds is 2. The number of morpholine rings is 1. The maximum absolute atomic E-state index is 5.91. The van der Waals surface area contributed by atoms with Gasteiger partial charge in [0.1, 0.15) is 0 Å². The summed E-state index contributed by atoms with van der Waals surface area (Å²) >= 11 is 0. The summed E-state index contributed by atoms with van der Waals surface area (Å²) in [5.41, 5.74) is 6.84. The average Bonchev–Trinajstić information content (AvgIpc) is 2.59. The fraction of sp³-hybridized carbons (Fsp3) is 0.833. The smallest absolute Gasteiger partial charge is 0.169 e. The Morgan fingerprint density at radius 3 is 2.78 bits per heavy atom. The number of nitrogens with zero attached hydrogens (tertiary/aromatic N) is 4. The monoisotopic (exact) mass is 253 g/mol. The number of aromatic nitrogens is 3. The van der Waals surface area contributed by atoms with Gasteiger partial charge < -0.3 is 15.4 Å². The zero-order chi connectivity index (χ0) is 13.3. The van der Waals surface area contributed by atoms with Crippen molar-refractivity contribution in [3.8, 4) is 0 Å². The number of likely N-dealkylation sites (N-methyl/N-ethyl adjacent to an activating group) is 1. The fourth-order valence-corrected chi connectivity index (χ4v) is 2.40. The van der Waals surface area contributed by atoms with Gasteiger partial charge in [-0.15, -0.1) is 5.10 Å². The average molecular weight is 253 g/mol. The van der Waals surface area contributed by atoms with Crippen molar-refractivity contribution in [2.45, 2.75) is 38.8 Å². The van der Waals surface area contributed by atoms with Gasteiger partial charge in [-0.25, -0.2) is 4.68 Å². The zero-order valence-corrected chi connectivity index (χ0v) is 11.7. The molecule has 0 aromatic carbocycles. The van der Waals surface area contributed by atoms with E-state index >= 15 is 0 Å². The van der Waals surface area contributed by atoms with Crippen molar-refractivity contribution in [1.82, 2.24) is 19.9 Å². The molecule has 2 N–H and O–H groups in total. The minimum Gasteiger partial charge on any atom is -0.381 e. The van der Waals surface area contributed by atoms with E-state index in [1.54, 1.807) is 0 Å². The highest BCUT2D eigenvalue weighted by atomic mass is 16.5. The van der Waals surface area contributed by atoms with Crippen LogP contribution in [0.15, 0.2) is 0 Å². The Morgan fingerprint density at radius 1 is 1.44 bits per heavy atom. The first-order valence-corrected chi connectivity index (χ1v) is 6.37. The molecule has 1 aliphatic heterocycles. The van der Waals surface area contributed by atoms with Gasteiger partial charge in [-0.1, -0.05) is 26.0 Å². The molecule has 0 aliphatic carbocycles. The second kappa shape index (κ2) is 4.85. The highest BCUT2D eigenvalue weighted by molar-refractivity contribution is 5.37. The lowest BCUT2D eigenvalue weighted by atomic mass is 9.92. The molecule has 0 radical (unpaired) electrons. The highest BCUT2D eigenvalue weighted by Crippen LogP contribution is 2.26. The van der Waals surface area contributed by atoms with Crippen molar-refractivity contribution >= 4 is 5.82 Å². The van der Waals surface area contributed by atoms with Gasteiger partial charge in [-0.05, 0) is 7.05 Å². The number of nitrogens with two attached hydrogens (primary N) is 1. The molecule has 6 nitrogen and oxygen atoms in total. The third-order valence-corrected chi connectivity index (χ3v) is 3.19. The lowest BCUT2D eigenvalue weighted by molar-refractivity contribution is -0.0299. The summed E-state index contributed by atoms with van der Waals surface area (Å²) in [5, 5.41) is 8.13. The van der Waals surface area contributed by atoms with Crippen LogP contribution in [0.3, 0.4) is 0 Å². The number of nitrogen functional groups attached to an aromatic ring is 1. The van der Waals surface area contributed by atoms with Crippen LogP contribution in [0, 0.1) is 0 Å². The van der Waals surface area contributed by atoms with Gasteiger partial charge in [0.25, 0.3) is 0 Å². The molecule has 0 spiro atoms. The number of ether oxygens (including phenoxy) is 1. The molecule has 0 saturated carbocycles. The second-order valence-corrected chi connectivity index (χ2v) is 6.01. The standard InChI is InChI=1S/C12H23N5O/c1-12(2,3)10-11(13)14-15-17(10)8-9-7-16(4)5-6-18-9/h9H,5-8,13H2,1-4H3. The van der Waals surface area contributed by atoms with Crippen LogP contribution in [0.25, 0.3) is 0 Å². The Kier molecular flexibility index (Phi) is 3.59. The van der Waals surface area contributed by atoms with Gasteiger partial charge in [-0.3, -0.25) is 0 Å². The molecule has 6 heteroatoms. The van der Waals surface area contributed by atoms with Crippen LogP contribution < -0.4 is 5.73 Å². The molecular weight excluding hydrogens is 230 g/mol. The molecule has 1 aromatic rings. The van der Waals surface area contributed by atoms with Crippen molar-refractivity contribution in [1.29, 1.82) is 0 Å². The molecule has 1 aliphatic rings. The number of hydrogen-bond acceptors (Lipinski definition) is 5. The maximum Gasteiger partial charge on any atom is 0.169 e. The third kappa shape index (κ3) is 2.81. The molecule has 1 aromatic heterocycles. The van der Waals surface area contributed by atoms with Gasteiger partial charge in [0.15, 0.2) is 5.82 Å². The maximum atomic E-state index is 5.91. The van der Waals surface area contributed by atoms with Crippen molar-refractivity contribution in [2.24, 2.45) is 0 Å². The van der Waals surface area contributed by atoms with Crippen LogP contribution in [-0.2, 0) is 16.7 Å². The molecule has 1 atom stereocenters. The Balaban J connectivity index is 2.14. The van der Waals surface area contributed by atoms with Crippen LogP contribution in [0.2, 0.25) is 0 Å². The largest absolute Gasteiger partial charge is 0.381 e. The molecule has 1 saturated heterocycles. The SMILES string of the molecule is CN1CCOC(Cn2nnc(N)c2C(C)(C)C)C1. The summed E-state index contributed by atoms with van der Waals surface area (Å²) in [5.74, 6) is 0.520. The van der Waals surface area contributed by atoms with Crippen molar-refractivity contribution < 1.29 is 4.74 Å². The van der Waals surface area contributed by atoms with Gasteiger partial charge >= 0.3 is 0 Å². The van der Waals surface area contributed by atoms with E-state index in [2.05, 4.69) is 43.0 Å². The summed E-state index contributed by atoms with van der Waals surface area (Å²) in [6.45, 7) is 9.74. The number of hydrogen-bond donors (Lipinski definition) is 1. The summed E-state index contributed by atoms with van der Waals surface area (Å²) < 4.78 is 7.65. The van der Waals surface area contributed by atoms with Crippen molar-refractivity contribution in [2.75, 3.05) is 32.5 Å². The summed E-state index contributed by atoms with van der Waals surface area (Å²) in [4.78, 5) is 2.27. The van der Waals surface area contributed by atoms with Crippen LogP contribution in [-0.4, -0.2) is 52.7 Å². The predicted molar refractivity (Wildman–Crippen MR) is 70.4 cm³/mol. The highest BCUT2D eigenvalue weighted by Gasteiger charge is 2.26. The first kappa shape index (κ1) is 13.3. The Bertz CT molecular complexity index is 409. The minimum atomic E-state index is -0.0614. The molecule has 0 bridgehead atoms. The van der Waals surface area contributed by atoms with E-state index in [0.29, 0.717) is 12.4 Å². The Morgan fingerprint density at radius 2 is 2.17 bits per heavy atom. The van der Waals surface area contributed by atoms with Crippen LogP contribution in [0.5, 0.6) is 0 Å². The molecule has 2 rings (SSSR count). The predicted octanol–water partition coefficient (Wildman–Crippen LogP) is 0.488. The van der Waals surface area contributed by atoms with E-state index in [-0.39, 0.29) is 11.5 Å².